The highest BCUT2D eigenvalue weighted by Crippen LogP contribution is 2.25. The van der Waals surface area contributed by atoms with Gasteiger partial charge in [-0.2, -0.15) is 0 Å². The first-order valence-electron chi connectivity index (χ1n) is 8.82. The molecule has 0 aliphatic carbocycles. The van der Waals surface area contributed by atoms with E-state index in [-0.39, 0.29) is 18.9 Å². The van der Waals surface area contributed by atoms with Crippen LogP contribution in [0.15, 0.2) is 42.5 Å². The number of ether oxygens (including phenoxy) is 4. The van der Waals surface area contributed by atoms with Gasteiger partial charge in [-0.1, -0.05) is 24.3 Å². The summed E-state index contributed by atoms with van der Waals surface area (Å²) in [6, 6.07) is 12.8. The Morgan fingerprint density at radius 3 is 2.36 bits per heavy atom. The first kappa shape index (κ1) is 21.1. The molecule has 0 heterocycles. The molecule has 2 rings (SSSR count). The number of carbonyl (C=O) groups excluding carboxylic acids is 2. The molecular formula is C21H25NO6. The molecule has 1 N–H and O–H groups in total. The van der Waals surface area contributed by atoms with Gasteiger partial charge in [-0.3, -0.25) is 9.59 Å². The van der Waals surface area contributed by atoms with Crippen LogP contribution >= 0.6 is 0 Å². The topological polar surface area (TPSA) is 83.1 Å². The molecule has 0 aromatic heterocycles. The van der Waals surface area contributed by atoms with Gasteiger partial charge in [0.25, 0.3) is 5.91 Å². The van der Waals surface area contributed by atoms with E-state index in [4.69, 9.17) is 18.9 Å². The van der Waals surface area contributed by atoms with Crippen LogP contribution in [-0.4, -0.2) is 46.4 Å². The third kappa shape index (κ3) is 6.19. The molecule has 0 radical (unpaired) electrons. The summed E-state index contributed by atoms with van der Waals surface area (Å²) in [5, 5.41) is 2.73. The Kier molecular flexibility index (Phi) is 8.14. The number of hydrogen-bond acceptors (Lipinski definition) is 6. The van der Waals surface area contributed by atoms with Crippen molar-refractivity contribution in [2.75, 3.05) is 34.5 Å². The zero-order chi connectivity index (χ0) is 20.4. The SMILES string of the molecule is COc1ccc(CC(=O)OCC(=O)NCCc2ccccc2OC)c(OC)c1. The molecule has 2 aromatic rings. The summed E-state index contributed by atoms with van der Waals surface area (Å²) < 4.78 is 20.7. The van der Waals surface area contributed by atoms with Crippen LogP contribution in [0.4, 0.5) is 0 Å². The number of benzene rings is 2. The summed E-state index contributed by atoms with van der Waals surface area (Å²) in [5.41, 5.74) is 1.65. The lowest BCUT2D eigenvalue weighted by Crippen LogP contribution is -2.30. The van der Waals surface area contributed by atoms with Gasteiger partial charge in [0, 0.05) is 18.2 Å². The van der Waals surface area contributed by atoms with E-state index in [1.54, 1.807) is 32.4 Å². The number of methoxy groups -OCH3 is 3. The molecule has 150 valence electrons. The van der Waals surface area contributed by atoms with E-state index in [9.17, 15) is 9.59 Å². The standard InChI is InChI=1S/C21H25NO6/c1-25-17-9-8-16(19(13-17)27-3)12-21(24)28-14-20(23)22-11-10-15-6-4-5-7-18(15)26-2/h4-9,13H,10-12,14H2,1-3H3,(H,22,23). The number of nitrogens with one attached hydrogen (secondary N) is 1. The lowest BCUT2D eigenvalue weighted by Gasteiger charge is -2.11. The van der Waals surface area contributed by atoms with E-state index in [0.29, 0.717) is 30.0 Å². The van der Waals surface area contributed by atoms with Crippen LogP contribution in [0.2, 0.25) is 0 Å². The molecule has 0 saturated carbocycles. The Balaban J connectivity index is 1.76. The minimum atomic E-state index is -0.511. The fourth-order valence-corrected chi connectivity index (χ4v) is 2.65. The summed E-state index contributed by atoms with van der Waals surface area (Å²) in [6.45, 7) is 0.0896. The number of esters is 1. The zero-order valence-electron chi connectivity index (χ0n) is 16.3. The molecule has 7 heteroatoms. The van der Waals surface area contributed by atoms with Crippen LogP contribution in [0.1, 0.15) is 11.1 Å². The average Bonchev–Trinajstić information content (AvgIpc) is 2.72. The maximum atomic E-state index is 12.0. The van der Waals surface area contributed by atoms with Gasteiger partial charge >= 0.3 is 5.97 Å². The molecule has 0 atom stereocenters. The quantitative estimate of drug-likeness (QED) is 0.629. The molecule has 0 unspecified atom stereocenters. The van der Waals surface area contributed by atoms with Crippen LogP contribution < -0.4 is 19.5 Å². The zero-order valence-corrected chi connectivity index (χ0v) is 16.3. The summed E-state index contributed by atoms with van der Waals surface area (Å²) in [5.74, 6) is 1.06. The van der Waals surface area contributed by atoms with Crippen molar-refractivity contribution in [3.63, 3.8) is 0 Å². The number of rotatable bonds is 10. The van der Waals surface area contributed by atoms with E-state index >= 15 is 0 Å². The molecule has 0 spiro atoms. The molecule has 0 aliphatic rings. The van der Waals surface area contributed by atoms with Gasteiger partial charge in [0.15, 0.2) is 6.61 Å². The molecule has 0 saturated heterocycles. The van der Waals surface area contributed by atoms with Gasteiger partial charge < -0.3 is 24.3 Å². The summed E-state index contributed by atoms with van der Waals surface area (Å²) in [7, 11) is 4.67. The van der Waals surface area contributed by atoms with E-state index in [1.165, 1.54) is 7.11 Å². The Morgan fingerprint density at radius 1 is 0.893 bits per heavy atom. The third-order valence-corrected chi connectivity index (χ3v) is 4.10. The van der Waals surface area contributed by atoms with Crippen molar-refractivity contribution in [2.45, 2.75) is 12.8 Å². The lowest BCUT2D eigenvalue weighted by molar-refractivity contribution is -0.147. The number of carbonyl (C=O) groups is 2. The van der Waals surface area contributed by atoms with Gasteiger partial charge in [0.05, 0.1) is 27.8 Å². The second kappa shape index (κ2) is 10.8. The highest BCUT2D eigenvalue weighted by Gasteiger charge is 2.13. The van der Waals surface area contributed by atoms with Gasteiger partial charge in [-0.15, -0.1) is 0 Å². The highest BCUT2D eigenvalue weighted by molar-refractivity contribution is 5.81. The number of hydrogen-bond donors (Lipinski definition) is 1. The average molecular weight is 387 g/mol. The van der Waals surface area contributed by atoms with Crippen molar-refractivity contribution >= 4 is 11.9 Å². The predicted octanol–water partition coefficient (Wildman–Crippen LogP) is 2.16. The van der Waals surface area contributed by atoms with E-state index < -0.39 is 5.97 Å². The molecule has 28 heavy (non-hydrogen) atoms. The predicted molar refractivity (Wildman–Crippen MR) is 104 cm³/mol. The molecule has 2 aromatic carbocycles. The first-order chi connectivity index (χ1) is 13.6. The minimum absolute atomic E-state index is 0.00165. The van der Waals surface area contributed by atoms with Crippen molar-refractivity contribution in [1.29, 1.82) is 0 Å². The normalized spacial score (nSPS) is 10.1. The Bertz CT molecular complexity index is 805. The van der Waals surface area contributed by atoms with Crippen molar-refractivity contribution in [2.24, 2.45) is 0 Å². The van der Waals surface area contributed by atoms with E-state index in [1.807, 2.05) is 24.3 Å². The molecule has 7 nitrogen and oxygen atoms in total. The van der Waals surface area contributed by atoms with Crippen LogP contribution in [0.5, 0.6) is 17.2 Å². The van der Waals surface area contributed by atoms with Crippen molar-refractivity contribution in [3.8, 4) is 17.2 Å². The van der Waals surface area contributed by atoms with Crippen LogP contribution in [0, 0.1) is 0 Å². The highest BCUT2D eigenvalue weighted by atomic mass is 16.5. The Labute approximate surface area is 164 Å². The van der Waals surface area contributed by atoms with E-state index in [0.717, 1.165) is 11.3 Å². The smallest absolute Gasteiger partial charge is 0.310 e. The second-order valence-electron chi connectivity index (χ2n) is 5.93. The second-order valence-corrected chi connectivity index (χ2v) is 5.93. The largest absolute Gasteiger partial charge is 0.497 e. The molecule has 0 bridgehead atoms. The Hall–Kier alpha value is -3.22. The van der Waals surface area contributed by atoms with Crippen LogP contribution in [0.3, 0.4) is 0 Å². The molecule has 1 amide bonds. The van der Waals surface area contributed by atoms with Gasteiger partial charge in [0.2, 0.25) is 0 Å². The third-order valence-electron chi connectivity index (χ3n) is 4.10. The summed E-state index contributed by atoms with van der Waals surface area (Å²) >= 11 is 0. The van der Waals surface area contributed by atoms with Gasteiger partial charge in [0.1, 0.15) is 17.2 Å². The monoisotopic (exact) mass is 387 g/mol. The van der Waals surface area contributed by atoms with Crippen molar-refractivity contribution < 1.29 is 28.5 Å². The van der Waals surface area contributed by atoms with Crippen LogP contribution in [-0.2, 0) is 27.2 Å². The molecule has 0 aliphatic heterocycles. The summed E-state index contributed by atoms with van der Waals surface area (Å²) in [4.78, 5) is 23.9. The molecular weight excluding hydrogens is 362 g/mol. The maximum Gasteiger partial charge on any atom is 0.310 e. The number of amides is 1. The van der Waals surface area contributed by atoms with E-state index in [2.05, 4.69) is 5.32 Å². The Morgan fingerprint density at radius 2 is 1.64 bits per heavy atom. The number of para-hydroxylation sites is 1. The first-order valence-corrected chi connectivity index (χ1v) is 8.82. The van der Waals surface area contributed by atoms with Crippen LogP contribution in [0.25, 0.3) is 0 Å². The lowest BCUT2D eigenvalue weighted by atomic mass is 10.1. The van der Waals surface area contributed by atoms with Crippen molar-refractivity contribution in [3.05, 3.63) is 53.6 Å². The maximum absolute atomic E-state index is 12.0. The minimum Gasteiger partial charge on any atom is -0.497 e. The van der Waals surface area contributed by atoms with Crippen molar-refractivity contribution in [1.82, 2.24) is 5.32 Å². The fourth-order valence-electron chi connectivity index (χ4n) is 2.65. The molecule has 0 fully saturated rings. The summed E-state index contributed by atoms with van der Waals surface area (Å²) in [6.07, 6.45) is 0.619. The van der Waals surface area contributed by atoms with Gasteiger partial charge in [-0.05, 0) is 24.1 Å². The van der Waals surface area contributed by atoms with Gasteiger partial charge in [-0.25, -0.2) is 0 Å². The fraction of sp³-hybridized carbons (Fsp3) is 0.333.